The molecule has 0 fully saturated rings. The van der Waals surface area contributed by atoms with Gasteiger partial charge in [0.15, 0.2) is 5.76 Å². The van der Waals surface area contributed by atoms with Crippen LogP contribution in [-0.2, 0) is 4.79 Å². The third kappa shape index (κ3) is 3.36. The Bertz CT molecular complexity index is 797. The molecule has 1 aliphatic heterocycles. The molecule has 1 aromatic carbocycles. The first-order chi connectivity index (χ1) is 12.0. The topological polar surface area (TPSA) is 60.9 Å². The lowest BCUT2D eigenvalue weighted by molar-refractivity contribution is -0.129. The number of nitrogens with zero attached hydrogens (tertiary/aromatic N) is 2. The number of rotatable bonds is 6. The summed E-state index contributed by atoms with van der Waals surface area (Å²) in [4.78, 5) is 29.6. The number of ketones is 1. The van der Waals surface area contributed by atoms with Crippen LogP contribution in [0.2, 0.25) is 0 Å². The van der Waals surface area contributed by atoms with E-state index >= 15 is 0 Å². The van der Waals surface area contributed by atoms with E-state index in [9.17, 15) is 14.7 Å². The molecule has 1 atom stereocenters. The van der Waals surface area contributed by atoms with Crippen LogP contribution < -0.4 is 0 Å². The number of Topliss-reactive ketones (excluding diaryl/α,β-unsaturated/α-hetero) is 1. The molecule has 1 aromatic heterocycles. The summed E-state index contributed by atoms with van der Waals surface area (Å²) < 4.78 is 0. The Labute approximate surface area is 150 Å². The maximum atomic E-state index is 12.9. The summed E-state index contributed by atoms with van der Waals surface area (Å²) in [6.07, 6.45) is 0. The monoisotopic (exact) mass is 356 g/mol. The lowest BCUT2D eigenvalue weighted by atomic mass is 9.95. The summed E-state index contributed by atoms with van der Waals surface area (Å²) in [6, 6.07) is 12.3. The summed E-state index contributed by atoms with van der Waals surface area (Å²) in [7, 11) is 3.84. The second kappa shape index (κ2) is 7.21. The van der Waals surface area contributed by atoms with Gasteiger partial charge in [0.1, 0.15) is 0 Å². The Balaban J connectivity index is 2.04. The molecule has 0 saturated carbocycles. The van der Waals surface area contributed by atoms with E-state index < -0.39 is 17.7 Å². The van der Waals surface area contributed by atoms with Gasteiger partial charge in [-0.1, -0.05) is 36.4 Å². The fourth-order valence-electron chi connectivity index (χ4n) is 2.95. The summed E-state index contributed by atoms with van der Waals surface area (Å²) in [6.45, 7) is 1.07. The molecule has 0 aliphatic carbocycles. The van der Waals surface area contributed by atoms with Crippen LogP contribution in [0.5, 0.6) is 0 Å². The number of benzene rings is 1. The third-order valence-corrected chi connectivity index (χ3v) is 5.07. The number of hydrogen-bond acceptors (Lipinski definition) is 5. The standard InChI is InChI=1S/C19H20N2O3S/c1-20(2)10-11-21-16(13-7-4-3-5-8-13)15(18(23)19(21)24)17(22)14-9-6-12-25-14/h3-9,12,16,23H,10-11H2,1-2H3/t16-/m1/s1. The predicted molar refractivity (Wildman–Crippen MR) is 97.8 cm³/mol. The van der Waals surface area contributed by atoms with Crippen LogP contribution >= 0.6 is 11.3 Å². The molecule has 0 radical (unpaired) electrons. The molecule has 1 aliphatic rings. The fourth-order valence-corrected chi connectivity index (χ4v) is 3.62. The number of carbonyl (C=O) groups is 2. The largest absolute Gasteiger partial charge is 0.503 e. The molecule has 0 spiro atoms. The van der Waals surface area contributed by atoms with Gasteiger partial charge in [-0.2, -0.15) is 0 Å². The van der Waals surface area contributed by atoms with E-state index in [0.717, 1.165) is 5.56 Å². The van der Waals surface area contributed by atoms with Gasteiger partial charge in [0.25, 0.3) is 5.91 Å². The molecule has 1 N–H and O–H groups in total. The van der Waals surface area contributed by atoms with Gasteiger partial charge >= 0.3 is 0 Å². The van der Waals surface area contributed by atoms with Crippen LogP contribution in [0.15, 0.2) is 59.2 Å². The van der Waals surface area contributed by atoms with E-state index in [2.05, 4.69) is 0 Å². The minimum atomic E-state index is -0.566. The molecule has 2 aromatic rings. The quantitative estimate of drug-likeness (QED) is 0.809. The molecular formula is C19H20N2O3S. The van der Waals surface area contributed by atoms with Crippen molar-refractivity contribution >= 4 is 23.0 Å². The highest BCUT2D eigenvalue weighted by Gasteiger charge is 2.43. The van der Waals surface area contributed by atoms with Crippen molar-refractivity contribution in [2.45, 2.75) is 6.04 Å². The zero-order valence-electron chi connectivity index (χ0n) is 14.2. The highest BCUT2D eigenvalue weighted by atomic mass is 32.1. The molecule has 0 unspecified atom stereocenters. The Kier molecular flexibility index (Phi) is 5.01. The van der Waals surface area contributed by atoms with Gasteiger partial charge in [0.2, 0.25) is 5.78 Å². The average Bonchev–Trinajstić information content (AvgIpc) is 3.22. The molecule has 1 amide bonds. The first kappa shape index (κ1) is 17.4. The number of thiophene rings is 1. The molecule has 130 valence electrons. The normalized spacial score (nSPS) is 17.6. The smallest absolute Gasteiger partial charge is 0.290 e. The van der Waals surface area contributed by atoms with Gasteiger partial charge < -0.3 is 14.9 Å². The van der Waals surface area contributed by atoms with Crippen LogP contribution in [0, 0.1) is 0 Å². The maximum absolute atomic E-state index is 12.9. The van der Waals surface area contributed by atoms with Gasteiger partial charge in [-0.3, -0.25) is 9.59 Å². The van der Waals surface area contributed by atoms with E-state index in [-0.39, 0.29) is 11.4 Å². The van der Waals surface area contributed by atoms with E-state index in [1.165, 1.54) is 11.3 Å². The van der Waals surface area contributed by atoms with Gasteiger partial charge in [-0.05, 0) is 31.1 Å². The maximum Gasteiger partial charge on any atom is 0.290 e. The first-order valence-corrected chi connectivity index (χ1v) is 8.90. The second-order valence-corrected chi connectivity index (χ2v) is 7.13. The summed E-state index contributed by atoms with van der Waals surface area (Å²) in [5.74, 6) is -1.22. The number of aliphatic hydroxyl groups excluding tert-OH is 1. The molecule has 6 heteroatoms. The Morgan fingerprint density at radius 3 is 2.52 bits per heavy atom. The van der Waals surface area contributed by atoms with Crippen molar-refractivity contribution in [1.82, 2.24) is 9.80 Å². The van der Waals surface area contributed by atoms with Gasteiger partial charge in [-0.25, -0.2) is 0 Å². The highest BCUT2D eigenvalue weighted by molar-refractivity contribution is 7.12. The van der Waals surface area contributed by atoms with Crippen LogP contribution in [0.1, 0.15) is 21.3 Å². The molecule has 5 nitrogen and oxygen atoms in total. The second-order valence-electron chi connectivity index (χ2n) is 6.18. The van der Waals surface area contributed by atoms with Crippen LogP contribution in [0.4, 0.5) is 0 Å². The minimum absolute atomic E-state index is 0.164. The van der Waals surface area contributed by atoms with Crippen molar-refractivity contribution in [2.24, 2.45) is 0 Å². The van der Waals surface area contributed by atoms with Crippen molar-refractivity contribution < 1.29 is 14.7 Å². The van der Waals surface area contributed by atoms with Crippen molar-refractivity contribution in [3.8, 4) is 0 Å². The number of aliphatic hydroxyl groups is 1. The molecular weight excluding hydrogens is 336 g/mol. The lowest BCUT2D eigenvalue weighted by Gasteiger charge is -2.27. The average molecular weight is 356 g/mol. The molecule has 3 rings (SSSR count). The molecule has 0 bridgehead atoms. The molecule has 0 saturated heterocycles. The lowest BCUT2D eigenvalue weighted by Crippen LogP contribution is -2.36. The first-order valence-electron chi connectivity index (χ1n) is 8.02. The van der Waals surface area contributed by atoms with Crippen LogP contribution in [-0.4, -0.2) is 53.8 Å². The minimum Gasteiger partial charge on any atom is -0.503 e. The van der Waals surface area contributed by atoms with Crippen molar-refractivity contribution in [1.29, 1.82) is 0 Å². The number of carbonyl (C=O) groups excluding carboxylic acids is 2. The van der Waals surface area contributed by atoms with Crippen molar-refractivity contribution in [3.63, 3.8) is 0 Å². The van der Waals surface area contributed by atoms with Gasteiger partial charge in [0, 0.05) is 13.1 Å². The highest BCUT2D eigenvalue weighted by Crippen LogP contribution is 2.39. The number of amides is 1. The van der Waals surface area contributed by atoms with Crippen molar-refractivity contribution in [2.75, 3.05) is 27.2 Å². The summed E-state index contributed by atoms with van der Waals surface area (Å²) in [5.41, 5.74) is 0.982. The fraction of sp³-hybridized carbons (Fsp3) is 0.263. The van der Waals surface area contributed by atoms with Gasteiger partial charge in [0.05, 0.1) is 16.5 Å². The third-order valence-electron chi connectivity index (χ3n) is 4.20. The molecule has 25 heavy (non-hydrogen) atoms. The predicted octanol–water partition coefficient (Wildman–Crippen LogP) is 2.89. The van der Waals surface area contributed by atoms with Crippen LogP contribution in [0.25, 0.3) is 0 Å². The zero-order valence-corrected chi connectivity index (χ0v) is 15.0. The zero-order chi connectivity index (χ0) is 18.0. The van der Waals surface area contributed by atoms with Crippen molar-refractivity contribution in [3.05, 3.63) is 69.6 Å². The summed E-state index contributed by atoms with van der Waals surface area (Å²) in [5, 5.41) is 12.3. The van der Waals surface area contributed by atoms with E-state index in [0.29, 0.717) is 18.0 Å². The van der Waals surface area contributed by atoms with E-state index in [1.807, 2.05) is 54.7 Å². The van der Waals surface area contributed by atoms with E-state index in [4.69, 9.17) is 0 Å². The Hall–Kier alpha value is -2.44. The SMILES string of the molecule is CN(C)CCN1C(=O)C(O)=C(C(=O)c2cccs2)[C@H]1c1ccccc1. The molecule has 2 heterocycles. The van der Waals surface area contributed by atoms with Gasteiger partial charge in [-0.15, -0.1) is 11.3 Å². The Morgan fingerprint density at radius 1 is 1.20 bits per heavy atom. The number of likely N-dealkylation sites (N-methyl/N-ethyl adjacent to an activating group) is 1. The van der Waals surface area contributed by atoms with E-state index in [1.54, 1.807) is 17.0 Å². The summed E-state index contributed by atoms with van der Waals surface area (Å²) >= 11 is 1.30. The Morgan fingerprint density at radius 2 is 1.92 bits per heavy atom. The van der Waals surface area contributed by atoms with Crippen LogP contribution in [0.3, 0.4) is 0 Å². The number of hydrogen-bond donors (Lipinski definition) is 1.